The van der Waals surface area contributed by atoms with Gasteiger partial charge < -0.3 is 0 Å². The number of nitro benzene ring substituents is 1. The number of hydrogen-bond acceptors (Lipinski definition) is 4. The van der Waals surface area contributed by atoms with Crippen LogP contribution in [-0.4, -0.2) is 14.5 Å². The number of halogens is 2. The Morgan fingerprint density at radius 1 is 1.47 bits per heavy atom. The third-order valence-corrected chi connectivity index (χ3v) is 3.25. The average molecular weight is 345 g/mol. The minimum absolute atomic E-state index is 0.0551. The van der Waals surface area contributed by atoms with Gasteiger partial charge in [-0.1, -0.05) is 17.7 Å². The van der Waals surface area contributed by atoms with Gasteiger partial charge in [-0.05, 0) is 27.6 Å². The summed E-state index contributed by atoms with van der Waals surface area (Å²) in [6.07, 6.45) is 2.69. The van der Waals surface area contributed by atoms with Crippen molar-refractivity contribution in [2.45, 2.75) is 6.54 Å². The lowest BCUT2D eigenvalue weighted by atomic mass is 10.2. The summed E-state index contributed by atoms with van der Waals surface area (Å²) in [5, 5.41) is 11.1. The highest BCUT2D eigenvalue weighted by molar-refractivity contribution is 9.10. The van der Waals surface area contributed by atoms with Gasteiger partial charge in [0.05, 0.1) is 27.2 Å². The van der Waals surface area contributed by atoms with Gasteiger partial charge in [0, 0.05) is 12.3 Å². The van der Waals surface area contributed by atoms with E-state index >= 15 is 0 Å². The summed E-state index contributed by atoms with van der Waals surface area (Å²) >= 11 is 8.85. The molecule has 0 saturated carbocycles. The van der Waals surface area contributed by atoms with Gasteiger partial charge in [-0.2, -0.15) is 0 Å². The molecule has 0 atom stereocenters. The van der Waals surface area contributed by atoms with E-state index in [1.54, 1.807) is 12.1 Å². The maximum absolute atomic E-state index is 11.5. The molecule has 6 nitrogen and oxygen atoms in total. The summed E-state index contributed by atoms with van der Waals surface area (Å²) in [5.41, 5.74) is 0.0941. The number of rotatable bonds is 3. The Morgan fingerprint density at radius 2 is 2.21 bits per heavy atom. The van der Waals surface area contributed by atoms with E-state index in [1.165, 1.54) is 23.0 Å². The molecule has 0 radical (unpaired) electrons. The average Bonchev–Trinajstić information content (AvgIpc) is 2.36. The van der Waals surface area contributed by atoms with Crippen LogP contribution in [0.15, 0.2) is 39.9 Å². The number of nitro groups is 1. The molecule has 2 rings (SSSR count). The lowest BCUT2D eigenvalue weighted by molar-refractivity contribution is -0.385. The fraction of sp³-hybridized carbons (Fsp3) is 0.0909. The second-order valence-corrected chi connectivity index (χ2v) is 5.02. The monoisotopic (exact) mass is 343 g/mol. The van der Waals surface area contributed by atoms with Crippen molar-refractivity contribution in [1.29, 1.82) is 0 Å². The lowest BCUT2D eigenvalue weighted by Gasteiger charge is -2.05. The van der Waals surface area contributed by atoms with Gasteiger partial charge in [0.25, 0.3) is 5.69 Å². The predicted octanol–water partition coefficient (Wildman–Crippen LogP) is 2.62. The molecule has 0 aliphatic heterocycles. The van der Waals surface area contributed by atoms with Crippen LogP contribution < -0.4 is 5.69 Å². The molecule has 0 fully saturated rings. The summed E-state index contributed by atoms with van der Waals surface area (Å²) < 4.78 is 1.67. The second-order valence-electron chi connectivity index (χ2n) is 3.73. The van der Waals surface area contributed by atoms with Crippen molar-refractivity contribution in [3.8, 4) is 0 Å². The van der Waals surface area contributed by atoms with Crippen molar-refractivity contribution < 1.29 is 4.92 Å². The minimum atomic E-state index is -0.493. The Hall–Kier alpha value is -1.73. The molecule has 1 heterocycles. The fourth-order valence-electron chi connectivity index (χ4n) is 1.53. The summed E-state index contributed by atoms with van der Waals surface area (Å²) in [6, 6.07) is 4.65. The van der Waals surface area contributed by atoms with E-state index < -0.39 is 10.6 Å². The summed E-state index contributed by atoms with van der Waals surface area (Å²) in [4.78, 5) is 25.4. The molecule has 19 heavy (non-hydrogen) atoms. The van der Waals surface area contributed by atoms with Crippen LogP contribution in [-0.2, 0) is 6.54 Å². The van der Waals surface area contributed by atoms with Crippen LogP contribution in [0.4, 0.5) is 5.69 Å². The fourth-order valence-corrected chi connectivity index (χ4v) is 2.09. The van der Waals surface area contributed by atoms with E-state index in [-0.39, 0.29) is 12.2 Å². The Morgan fingerprint density at radius 3 is 2.89 bits per heavy atom. The molecule has 98 valence electrons. The highest BCUT2D eigenvalue weighted by atomic mass is 79.9. The van der Waals surface area contributed by atoms with E-state index in [4.69, 9.17) is 11.6 Å². The van der Waals surface area contributed by atoms with Gasteiger partial charge in [-0.3, -0.25) is 14.7 Å². The maximum Gasteiger partial charge on any atom is 0.347 e. The van der Waals surface area contributed by atoms with Gasteiger partial charge in [-0.15, -0.1) is 0 Å². The number of hydrogen-bond donors (Lipinski definition) is 0. The SMILES string of the molecule is O=c1ncc(Cl)cn1Cc1ccc(Br)c([N+](=O)[O-])c1. The van der Waals surface area contributed by atoms with E-state index in [9.17, 15) is 14.9 Å². The molecule has 0 saturated heterocycles. The largest absolute Gasteiger partial charge is 0.347 e. The predicted molar refractivity (Wildman–Crippen MR) is 73.4 cm³/mol. The van der Waals surface area contributed by atoms with E-state index in [0.29, 0.717) is 15.1 Å². The van der Waals surface area contributed by atoms with Crippen LogP contribution in [0.1, 0.15) is 5.56 Å². The molecule has 0 bridgehead atoms. The van der Waals surface area contributed by atoms with Crippen LogP contribution >= 0.6 is 27.5 Å². The molecule has 0 spiro atoms. The number of nitrogens with zero attached hydrogens (tertiary/aromatic N) is 3. The smallest absolute Gasteiger partial charge is 0.293 e. The Kier molecular flexibility index (Phi) is 3.96. The van der Waals surface area contributed by atoms with Crippen molar-refractivity contribution in [1.82, 2.24) is 9.55 Å². The standard InChI is InChI=1S/C11H7BrClN3O3/c12-9-2-1-7(3-10(9)16(18)19)5-15-6-8(13)4-14-11(15)17/h1-4,6H,5H2. The molecule has 0 N–H and O–H groups in total. The Bertz CT molecular complexity index is 702. The van der Waals surface area contributed by atoms with Crippen LogP contribution in [0.3, 0.4) is 0 Å². The quantitative estimate of drug-likeness (QED) is 0.633. The zero-order valence-corrected chi connectivity index (χ0v) is 11.8. The van der Waals surface area contributed by atoms with Crippen LogP contribution in [0.5, 0.6) is 0 Å². The van der Waals surface area contributed by atoms with Crippen LogP contribution in [0.2, 0.25) is 5.02 Å². The molecule has 0 aliphatic rings. The van der Waals surface area contributed by atoms with Gasteiger partial charge in [0.15, 0.2) is 0 Å². The first-order valence-electron chi connectivity index (χ1n) is 5.12. The van der Waals surface area contributed by atoms with Crippen molar-refractivity contribution >= 4 is 33.2 Å². The number of benzene rings is 1. The normalized spacial score (nSPS) is 10.4. The molecular formula is C11H7BrClN3O3. The van der Waals surface area contributed by atoms with E-state index in [2.05, 4.69) is 20.9 Å². The molecule has 0 aliphatic carbocycles. The number of aromatic nitrogens is 2. The third kappa shape index (κ3) is 3.18. The van der Waals surface area contributed by atoms with Gasteiger partial charge in [0.2, 0.25) is 0 Å². The first-order valence-corrected chi connectivity index (χ1v) is 6.29. The summed E-state index contributed by atoms with van der Waals surface area (Å²) in [7, 11) is 0. The topological polar surface area (TPSA) is 78.0 Å². The van der Waals surface area contributed by atoms with E-state index in [1.807, 2.05) is 0 Å². The van der Waals surface area contributed by atoms with Crippen LogP contribution in [0, 0.1) is 10.1 Å². The van der Waals surface area contributed by atoms with Crippen molar-refractivity contribution in [3.63, 3.8) is 0 Å². The minimum Gasteiger partial charge on any atom is -0.293 e. The van der Waals surface area contributed by atoms with E-state index in [0.717, 1.165) is 0 Å². The lowest BCUT2D eigenvalue weighted by Crippen LogP contribution is -2.22. The molecule has 8 heteroatoms. The second kappa shape index (κ2) is 5.50. The molecule has 2 aromatic rings. The zero-order chi connectivity index (χ0) is 14.0. The van der Waals surface area contributed by atoms with Crippen molar-refractivity contribution in [3.05, 3.63) is 66.3 Å². The highest BCUT2D eigenvalue weighted by Gasteiger charge is 2.12. The molecular weight excluding hydrogens is 337 g/mol. The molecule has 0 unspecified atom stereocenters. The first-order chi connectivity index (χ1) is 8.97. The Labute approximate surface area is 120 Å². The van der Waals surface area contributed by atoms with Gasteiger partial charge >= 0.3 is 5.69 Å². The zero-order valence-electron chi connectivity index (χ0n) is 9.42. The maximum atomic E-state index is 11.5. The third-order valence-electron chi connectivity index (χ3n) is 2.38. The molecule has 1 aromatic heterocycles. The Balaban J connectivity index is 2.39. The van der Waals surface area contributed by atoms with Crippen molar-refractivity contribution in [2.75, 3.05) is 0 Å². The van der Waals surface area contributed by atoms with Gasteiger partial charge in [0.1, 0.15) is 0 Å². The van der Waals surface area contributed by atoms with Crippen molar-refractivity contribution in [2.24, 2.45) is 0 Å². The first kappa shape index (κ1) is 13.7. The van der Waals surface area contributed by atoms with Gasteiger partial charge in [-0.25, -0.2) is 9.78 Å². The molecule has 0 amide bonds. The van der Waals surface area contributed by atoms with Crippen LogP contribution in [0.25, 0.3) is 0 Å². The summed E-state index contributed by atoms with van der Waals surface area (Å²) in [5.74, 6) is 0. The summed E-state index contributed by atoms with van der Waals surface area (Å²) in [6.45, 7) is 0.167. The highest BCUT2D eigenvalue weighted by Crippen LogP contribution is 2.25. The molecule has 1 aromatic carbocycles.